The van der Waals surface area contributed by atoms with E-state index in [0.717, 1.165) is 6.42 Å². The molecule has 3 aliphatic rings. The van der Waals surface area contributed by atoms with E-state index in [1.807, 2.05) is 0 Å². The highest BCUT2D eigenvalue weighted by Gasteiger charge is 2.70. The van der Waals surface area contributed by atoms with Crippen LogP contribution in [-0.2, 0) is 0 Å². The van der Waals surface area contributed by atoms with Crippen LogP contribution in [0.2, 0.25) is 0 Å². The van der Waals surface area contributed by atoms with E-state index in [4.69, 9.17) is 5.11 Å². The van der Waals surface area contributed by atoms with E-state index in [1.165, 1.54) is 12.3 Å². The van der Waals surface area contributed by atoms with Crippen LogP contribution in [0.25, 0.3) is 10.9 Å². The minimum Gasteiger partial charge on any atom is -0.477 e. The first-order valence-corrected chi connectivity index (χ1v) is 9.89. The summed E-state index contributed by atoms with van der Waals surface area (Å²) in [5, 5.41) is 13.0. The fourth-order valence-electron chi connectivity index (χ4n) is 7.24. The average molecular weight is 383 g/mol. The number of H-pyrrole nitrogens is 1. The van der Waals surface area contributed by atoms with Gasteiger partial charge in [0.2, 0.25) is 0 Å². The summed E-state index contributed by atoms with van der Waals surface area (Å²) < 4.78 is 0. The van der Waals surface area contributed by atoms with Gasteiger partial charge in [0.15, 0.2) is 0 Å². The summed E-state index contributed by atoms with van der Waals surface area (Å²) in [6, 6.07) is 3.29. The molecule has 6 heteroatoms. The molecule has 3 fully saturated rings. The van der Waals surface area contributed by atoms with Gasteiger partial charge in [0.1, 0.15) is 11.4 Å². The van der Waals surface area contributed by atoms with Crippen molar-refractivity contribution in [1.82, 2.24) is 15.3 Å². The zero-order valence-electron chi connectivity index (χ0n) is 17.4. The monoisotopic (exact) mass is 383 g/mol. The van der Waals surface area contributed by atoms with E-state index in [-0.39, 0.29) is 33.9 Å². The normalized spacial score (nSPS) is 29.1. The Labute approximate surface area is 165 Å². The Morgan fingerprint density at radius 1 is 1.11 bits per heavy atom. The lowest BCUT2D eigenvalue weighted by Crippen LogP contribution is -2.73. The Hall–Kier alpha value is -2.37. The quantitative estimate of drug-likeness (QED) is 0.744. The van der Waals surface area contributed by atoms with Crippen LogP contribution in [0.3, 0.4) is 0 Å². The predicted octanol–water partition coefficient (Wildman–Crippen LogP) is 4.09. The number of nitrogens with zero attached hydrogens (tertiary/aromatic N) is 1. The Kier molecular flexibility index (Phi) is 3.78. The summed E-state index contributed by atoms with van der Waals surface area (Å²) in [6.07, 6.45) is 2.43. The third-order valence-electron chi connectivity index (χ3n) is 7.67. The number of hydrogen-bond acceptors (Lipinski definition) is 3. The average Bonchev–Trinajstić information content (AvgIpc) is 2.98. The second-order valence-electron chi connectivity index (χ2n) is 10.4. The van der Waals surface area contributed by atoms with Crippen molar-refractivity contribution in [3.05, 3.63) is 29.7 Å². The Morgan fingerprint density at radius 2 is 1.75 bits per heavy atom. The van der Waals surface area contributed by atoms with Crippen molar-refractivity contribution in [1.29, 1.82) is 0 Å². The van der Waals surface area contributed by atoms with Gasteiger partial charge in [-0.1, -0.05) is 41.5 Å². The molecule has 2 aromatic heterocycles. The number of carbonyl (C=O) groups excluding carboxylic acids is 1. The largest absolute Gasteiger partial charge is 0.477 e. The summed E-state index contributed by atoms with van der Waals surface area (Å²) in [5.41, 5.74) is 1.62. The third kappa shape index (κ3) is 2.43. The summed E-state index contributed by atoms with van der Waals surface area (Å²) >= 11 is 0. The number of fused-ring (bicyclic) bond motifs is 3. The molecule has 6 nitrogen and oxygen atoms in total. The lowest BCUT2D eigenvalue weighted by Gasteiger charge is -2.75. The van der Waals surface area contributed by atoms with Gasteiger partial charge in [-0.15, -0.1) is 0 Å². The van der Waals surface area contributed by atoms with Crippen molar-refractivity contribution in [3.8, 4) is 0 Å². The van der Waals surface area contributed by atoms with Crippen molar-refractivity contribution in [2.45, 2.75) is 54.0 Å². The van der Waals surface area contributed by atoms with E-state index in [2.05, 4.69) is 56.8 Å². The van der Waals surface area contributed by atoms with Crippen LogP contribution in [0.15, 0.2) is 18.3 Å². The minimum atomic E-state index is -1.08. The van der Waals surface area contributed by atoms with Gasteiger partial charge in [0.05, 0.1) is 11.7 Å². The molecule has 3 saturated carbocycles. The zero-order valence-corrected chi connectivity index (χ0v) is 17.4. The number of carboxylic acid groups (broad SMARTS) is 1. The molecule has 28 heavy (non-hydrogen) atoms. The molecular formula is C22H29N3O3. The van der Waals surface area contributed by atoms with Crippen molar-refractivity contribution in [2.75, 3.05) is 0 Å². The van der Waals surface area contributed by atoms with Crippen LogP contribution in [0, 0.1) is 28.1 Å². The molecule has 2 bridgehead atoms. The summed E-state index contributed by atoms with van der Waals surface area (Å²) in [6.45, 7) is 14.0. The van der Waals surface area contributed by atoms with Crippen LogP contribution < -0.4 is 5.32 Å². The van der Waals surface area contributed by atoms with Gasteiger partial charge in [0.25, 0.3) is 5.91 Å². The van der Waals surface area contributed by atoms with Gasteiger partial charge in [-0.2, -0.15) is 0 Å². The smallest absolute Gasteiger partial charge is 0.354 e. The molecule has 1 amide bonds. The summed E-state index contributed by atoms with van der Waals surface area (Å²) in [4.78, 5) is 31.0. The van der Waals surface area contributed by atoms with E-state index >= 15 is 0 Å². The molecule has 2 heterocycles. The Bertz CT molecular complexity index is 970. The number of nitrogens with one attached hydrogen (secondary N) is 2. The number of pyridine rings is 1. The van der Waals surface area contributed by atoms with E-state index < -0.39 is 5.97 Å². The molecule has 0 spiro atoms. The van der Waals surface area contributed by atoms with Crippen molar-refractivity contribution in [2.24, 2.45) is 28.1 Å². The van der Waals surface area contributed by atoms with Crippen LogP contribution in [0.4, 0.5) is 0 Å². The second kappa shape index (κ2) is 5.58. The first kappa shape index (κ1) is 19.0. The number of aromatic amines is 1. The molecule has 2 aromatic rings. The lowest BCUT2D eigenvalue weighted by molar-refractivity contribution is -0.260. The maximum atomic E-state index is 13.0. The number of hydrogen-bond donors (Lipinski definition) is 3. The van der Waals surface area contributed by atoms with Crippen molar-refractivity contribution in [3.63, 3.8) is 0 Å². The van der Waals surface area contributed by atoms with E-state index in [0.29, 0.717) is 28.4 Å². The molecule has 3 N–H and O–H groups in total. The number of rotatable bonds is 3. The summed E-state index contributed by atoms with van der Waals surface area (Å²) in [7, 11) is 0. The van der Waals surface area contributed by atoms with Gasteiger partial charge in [0, 0.05) is 11.4 Å². The van der Waals surface area contributed by atoms with Gasteiger partial charge < -0.3 is 15.4 Å². The summed E-state index contributed by atoms with van der Waals surface area (Å²) in [5.74, 6) is -0.125. The van der Waals surface area contributed by atoms with E-state index in [9.17, 15) is 9.59 Å². The Morgan fingerprint density at radius 3 is 2.32 bits per heavy atom. The molecule has 150 valence electrons. The van der Waals surface area contributed by atoms with Crippen LogP contribution in [0.5, 0.6) is 0 Å². The van der Waals surface area contributed by atoms with Crippen LogP contribution in [0.1, 0.15) is 68.9 Å². The Balaban J connectivity index is 1.58. The van der Waals surface area contributed by atoms with Crippen LogP contribution in [-0.4, -0.2) is 33.0 Å². The highest BCUT2D eigenvalue weighted by molar-refractivity contribution is 5.99. The molecule has 5 rings (SSSR count). The lowest BCUT2D eigenvalue weighted by atomic mass is 9.30. The molecule has 0 aliphatic heterocycles. The molecule has 1 atom stereocenters. The second-order valence-corrected chi connectivity index (χ2v) is 10.4. The maximum absolute atomic E-state index is 13.0. The van der Waals surface area contributed by atoms with Gasteiger partial charge >= 0.3 is 5.97 Å². The third-order valence-corrected chi connectivity index (χ3v) is 7.67. The van der Waals surface area contributed by atoms with Gasteiger partial charge in [-0.25, -0.2) is 9.78 Å². The molecule has 0 aromatic carbocycles. The maximum Gasteiger partial charge on any atom is 0.354 e. The highest BCUT2D eigenvalue weighted by Crippen LogP contribution is 2.74. The molecule has 3 aliphatic carbocycles. The van der Waals surface area contributed by atoms with Crippen LogP contribution >= 0.6 is 0 Å². The molecule has 0 unspecified atom stereocenters. The number of aromatic carboxylic acids is 1. The SMILES string of the molecule is CC1(C)C2C[C@H](NC(=O)c3cc4cc(C(=O)O)ncc4[nH]3)C(C)(C)C1C2(C)C. The first-order chi connectivity index (χ1) is 12.9. The number of amides is 1. The fraction of sp³-hybridized carbons (Fsp3) is 0.591. The molecular weight excluding hydrogens is 354 g/mol. The predicted molar refractivity (Wildman–Crippen MR) is 107 cm³/mol. The molecule has 0 saturated heterocycles. The van der Waals surface area contributed by atoms with Gasteiger partial charge in [-0.05, 0) is 46.6 Å². The van der Waals surface area contributed by atoms with Crippen molar-refractivity contribution >= 4 is 22.8 Å². The number of carboxylic acids is 1. The first-order valence-electron chi connectivity index (χ1n) is 9.89. The van der Waals surface area contributed by atoms with Gasteiger partial charge in [-0.3, -0.25) is 4.79 Å². The molecule has 0 radical (unpaired) electrons. The topological polar surface area (TPSA) is 95.1 Å². The number of aromatic nitrogens is 2. The highest BCUT2D eigenvalue weighted by atomic mass is 16.4. The minimum absolute atomic E-state index is 0.0124. The fourth-order valence-corrected chi connectivity index (χ4v) is 7.24. The van der Waals surface area contributed by atoms with E-state index in [1.54, 1.807) is 6.07 Å². The number of carbonyl (C=O) groups is 2. The van der Waals surface area contributed by atoms with Crippen molar-refractivity contribution < 1.29 is 14.7 Å². The zero-order chi connectivity index (χ0) is 20.6. The standard InChI is InChI=1S/C22H29N3O3/c1-20(2)15-9-16(22(5,6)19(20)21(15,3)4)25-17(26)12-7-11-8-13(18(27)28)23-10-14(11)24-12/h7-8,10,15-16,19,24H,9H2,1-6H3,(H,25,26)(H,27,28)/t15?,16-,19?/m0/s1.